The van der Waals surface area contributed by atoms with Gasteiger partial charge in [0.15, 0.2) is 5.82 Å². The van der Waals surface area contributed by atoms with Crippen molar-refractivity contribution >= 4 is 17.9 Å². The third-order valence-corrected chi connectivity index (χ3v) is 2.93. The Balaban J connectivity index is 2.11. The fraction of sp³-hybridized carbons (Fsp3) is 0.250. The SMILES string of the molecule is Cc1nnc(COc2ccc(C=O)cc2Cl)n1C. The van der Waals surface area contributed by atoms with E-state index < -0.39 is 0 Å². The first-order valence-corrected chi connectivity index (χ1v) is 5.72. The number of benzene rings is 1. The van der Waals surface area contributed by atoms with Gasteiger partial charge in [0.1, 0.15) is 24.5 Å². The van der Waals surface area contributed by atoms with Crippen molar-refractivity contribution in [1.29, 1.82) is 0 Å². The van der Waals surface area contributed by atoms with Crippen LogP contribution in [0.15, 0.2) is 18.2 Å². The van der Waals surface area contributed by atoms with Crippen LogP contribution in [0, 0.1) is 6.92 Å². The van der Waals surface area contributed by atoms with Gasteiger partial charge in [-0.3, -0.25) is 4.79 Å². The van der Waals surface area contributed by atoms with Gasteiger partial charge in [-0.1, -0.05) is 11.6 Å². The Kier molecular flexibility index (Phi) is 3.62. The molecule has 0 saturated carbocycles. The molecule has 0 radical (unpaired) electrons. The number of carbonyl (C=O) groups excluding carboxylic acids is 1. The fourth-order valence-corrected chi connectivity index (χ4v) is 1.67. The lowest BCUT2D eigenvalue weighted by atomic mass is 10.2. The first-order chi connectivity index (χ1) is 8.61. The molecule has 0 unspecified atom stereocenters. The average molecular weight is 266 g/mol. The minimum absolute atomic E-state index is 0.275. The first kappa shape index (κ1) is 12.6. The van der Waals surface area contributed by atoms with Gasteiger partial charge in [0.2, 0.25) is 0 Å². The Morgan fingerprint density at radius 3 is 2.78 bits per heavy atom. The van der Waals surface area contributed by atoms with Crippen LogP contribution in [0.25, 0.3) is 0 Å². The number of hydrogen-bond donors (Lipinski definition) is 0. The van der Waals surface area contributed by atoms with Crippen molar-refractivity contribution in [3.8, 4) is 5.75 Å². The summed E-state index contributed by atoms with van der Waals surface area (Å²) in [6.45, 7) is 2.14. The van der Waals surface area contributed by atoms with Gasteiger partial charge in [0.25, 0.3) is 0 Å². The topological polar surface area (TPSA) is 57.0 Å². The molecular weight excluding hydrogens is 254 g/mol. The molecule has 0 aliphatic heterocycles. The largest absolute Gasteiger partial charge is 0.484 e. The van der Waals surface area contributed by atoms with Crippen LogP contribution in [0.1, 0.15) is 22.0 Å². The summed E-state index contributed by atoms with van der Waals surface area (Å²) in [7, 11) is 1.87. The summed E-state index contributed by atoms with van der Waals surface area (Å²) in [6, 6.07) is 4.87. The van der Waals surface area contributed by atoms with Gasteiger partial charge in [0, 0.05) is 12.6 Å². The molecular formula is C12H12ClN3O2. The van der Waals surface area contributed by atoms with E-state index in [1.807, 2.05) is 18.5 Å². The van der Waals surface area contributed by atoms with E-state index in [1.54, 1.807) is 18.2 Å². The third kappa shape index (κ3) is 2.51. The number of hydrogen-bond acceptors (Lipinski definition) is 4. The number of ether oxygens (including phenoxy) is 1. The summed E-state index contributed by atoms with van der Waals surface area (Å²) in [4.78, 5) is 10.6. The summed E-state index contributed by atoms with van der Waals surface area (Å²) in [5.74, 6) is 2.04. The number of halogens is 1. The number of aldehydes is 1. The van der Waals surface area contributed by atoms with E-state index in [9.17, 15) is 4.79 Å². The van der Waals surface area contributed by atoms with E-state index in [4.69, 9.17) is 16.3 Å². The zero-order valence-corrected chi connectivity index (χ0v) is 10.8. The highest BCUT2D eigenvalue weighted by atomic mass is 35.5. The molecule has 0 amide bonds. The zero-order chi connectivity index (χ0) is 13.1. The third-order valence-electron chi connectivity index (χ3n) is 2.63. The lowest BCUT2D eigenvalue weighted by Gasteiger charge is -2.07. The molecule has 1 aromatic heterocycles. The van der Waals surface area contributed by atoms with Gasteiger partial charge in [-0.2, -0.15) is 0 Å². The van der Waals surface area contributed by atoms with Crippen molar-refractivity contribution in [3.63, 3.8) is 0 Å². The van der Waals surface area contributed by atoms with Crippen molar-refractivity contribution in [2.45, 2.75) is 13.5 Å². The Morgan fingerprint density at radius 1 is 1.44 bits per heavy atom. The van der Waals surface area contributed by atoms with Gasteiger partial charge in [-0.15, -0.1) is 10.2 Å². The van der Waals surface area contributed by atoms with E-state index in [2.05, 4.69) is 10.2 Å². The van der Waals surface area contributed by atoms with E-state index in [1.165, 1.54) is 0 Å². The van der Waals surface area contributed by atoms with Crippen molar-refractivity contribution in [1.82, 2.24) is 14.8 Å². The molecule has 2 aromatic rings. The molecule has 0 saturated heterocycles. The van der Waals surface area contributed by atoms with Gasteiger partial charge < -0.3 is 9.30 Å². The number of aromatic nitrogens is 3. The van der Waals surface area contributed by atoms with Crippen molar-refractivity contribution in [2.24, 2.45) is 7.05 Å². The molecule has 1 aromatic carbocycles. The molecule has 18 heavy (non-hydrogen) atoms. The Labute approximate surface area is 109 Å². The van der Waals surface area contributed by atoms with Crippen LogP contribution in [-0.4, -0.2) is 21.1 Å². The van der Waals surface area contributed by atoms with Crippen LogP contribution in [0.3, 0.4) is 0 Å². The molecule has 0 spiro atoms. The summed E-state index contributed by atoms with van der Waals surface area (Å²) in [6.07, 6.45) is 0.738. The van der Waals surface area contributed by atoms with Gasteiger partial charge >= 0.3 is 0 Å². The standard InChI is InChI=1S/C12H12ClN3O2/c1-8-14-15-12(16(8)2)7-18-11-4-3-9(6-17)5-10(11)13/h3-6H,7H2,1-2H3. The van der Waals surface area contributed by atoms with Crippen LogP contribution in [0.2, 0.25) is 5.02 Å². The molecule has 1 heterocycles. The summed E-state index contributed by atoms with van der Waals surface area (Å²) in [5.41, 5.74) is 0.516. The normalized spacial score (nSPS) is 10.4. The average Bonchev–Trinajstić information content (AvgIpc) is 2.68. The Morgan fingerprint density at radius 2 is 2.22 bits per heavy atom. The lowest BCUT2D eigenvalue weighted by molar-refractivity contribution is 0.112. The second-order valence-electron chi connectivity index (χ2n) is 3.82. The maximum atomic E-state index is 10.6. The molecule has 6 heteroatoms. The monoisotopic (exact) mass is 265 g/mol. The minimum Gasteiger partial charge on any atom is -0.484 e. The summed E-state index contributed by atoms with van der Waals surface area (Å²) in [5, 5.41) is 8.32. The van der Waals surface area contributed by atoms with E-state index in [-0.39, 0.29) is 6.61 Å². The molecule has 0 aliphatic carbocycles. The van der Waals surface area contributed by atoms with Crippen LogP contribution in [0.4, 0.5) is 0 Å². The van der Waals surface area contributed by atoms with Crippen LogP contribution < -0.4 is 4.74 Å². The van der Waals surface area contributed by atoms with Crippen LogP contribution >= 0.6 is 11.6 Å². The summed E-state index contributed by atoms with van der Waals surface area (Å²) < 4.78 is 7.39. The minimum atomic E-state index is 0.275. The van der Waals surface area contributed by atoms with E-state index in [0.29, 0.717) is 22.2 Å². The number of nitrogens with zero attached hydrogens (tertiary/aromatic N) is 3. The highest BCUT2D eigenvalue weighted by Crippen LogP contribution is 2.25. The molecule has 0 atom stereocenters. The number of aryl methyl sites for hydroxylation is 1. The predicted octanol–water partition coefficient (Wildman–Crippen LogP) is 2.17. The molecule has 0 bridgehead atoms. The Bertz CT molecular complexity index is 581. The van der Waals surface area contributed by atoms with Crippen molar-refractivity contribution in [2.75, 3.05) is 0 Å². The quantitative estimate of drug-likeness (QED) is 0.795. The highest BCUT2D eigenvalue weighted by molar-refractivity contribution is 6.32. The van der Waals surface area contributed by atoms with E-state index >= 15 is 0 Å². The van der Waals surface area contributed by atoms with Gasteiger partial charge in [0.05, 0.1) is 5.02 Å². The smallest absolute Gasteiger partial charge is 0.170 e. The maximum absolute atomic E-state index is 10.6. The second-order valence-corrected chi connectivity index (χ2v) is 4.23. The summed E-state index contributed by atoms with van der Waals surface area (Å²) >= 11 is 5.99. The molecule has 0 aliphatic rings. The van der Waals surface area contributed by atoms with Gasteiger partial charge in [-0.05, 0) is 25.1 Å². The Hall–Kier alpha value is -1.88. The molecule has 0 N–H and O–H groups in total. The lowest BCUT2D eigenvalue weighted by Crippen LogP contribution is -2.04. The second kappa shape index (κ2) is 5.18. The fourth-order valence-electron chi connectivity index (χ4n) is 1.43. The maximum Gasteiger partial charge on any atom is 0.170 e. The van der Waals surface area contributed by atoms with Crippen molar-refractivity contribution < 1.29 is 9.53 Å². The highest BCUT2D eigenvalue weighted by Gasteiger charge is 2.08. The predicted molar refractivity (Wildman–Crippen MR) is 66.9 cm³/mol. The molecule has 0 fully saturated rings. The van der Waals surface area contributed by atoms with Crippen molar-refractivity contribution in [3.05, 3.63) is 40.4 Å². The van der Waals surface area contributed by atoms with Crippen LogP contribution in [0.5, 0.6) is 5.75 Å². The molecule has 5 nitrogen and oxygen atoms in total. The molecule has 2 rings (SSSR count). The zero-order valence-electron chi connectivity index (χ0n) is 10.1. The van der Waals surface area contributed by atoms with E-state index in [0.717, 1.165) is 12.1 Å². The number of rotatable bonds is 4. The van der Waals surface area contributed by atoms with Crippen LogP contribution in [-0.2, 0) is 13.7 Å². The first-order valence-electron chi connectivity index (χ1n) is 5.34. The molecule has 94 valence electrons. The number of carbonyl (C=O) groups is 1. The van der Waals surface area contributed by atoms with Gasteiger partial charge in [-0.25, -0.2) is 0 Å².